The summed E-state index contributed by atoms with van der Waals surface area (Å²) in [6.45, 7) is 4.23. The Morgan fingerprint density at radius 2 is 1.94 bits per heavy atom. The van der Waals surface area contributed by atoms with Crippen molar-refractivity contribution in [3.63, 3.8) is 0 Å². The number of halogens is 3. The van der Waals surface area contributed by atoms with Crippen LogP contribution < -0.4 is 10.1 Å². The number of aliphatic imine (C=N–C) groups is 1. The second-order valence-corrected chi connectivity index (χ2v) is 8.62. The quantitative estimate of drug-likeness (QED) is 0.525. The first-order chi connectivity index (χ1) is 16.6. The number of carbonyl (C=O) groups excluding carboxylic acids is 2. The van der Waals surface area contributed by atoms with Crippen molar-refractivity contribution in [2.24, 2.45) is 16.8 Å². The first-order valence-electron chi connectivity index (χ1n) is 11.0. The number of rotatable bonds is 8. The molecule has 10 heteroatoms. The number of ether oxygens (including phenoxy) is 1. The van der Waals surface area contributed by atoms with E-state index in [0.717, 1.165) is 18.3 Å². The number of fused-ring (bicyclic) bond motifs is 1. The maximum Gasteiger partial charge on any atom is 0.573 e. The molecular weight excluding hydrogens is 461 g/mol. The fraction of sp³-hybridized carbons (Fsp3) is 0.360. The summed E-state index contributed by atoms with van der Waals surface area (Å²) in [5.41, 5.74) is 0.964. The highest BCUT2D eigenvalue weighted by Crippen LogP contribution is 2.38. The van der Waals surface area contributed by atoms with E-state index in [-0.39, 0.29) is 17.5 Å². The third kappa shape index (κ3) is 6.06. The van der Waals surface area contributed by atoms with Gasteiger partial charge in [-0.25, -0.2) is 0 Å². The van der Waals surface area contributed by atoms with E-state index in [1.807, 2.05) is 13.8 Å². The molecule has 0 spiro atoms. The minimum Gasteiger partial charge on any atom is -0.406 e. The first kappa shape index (κ1) is 25.9. The molecule has 0 aliphatic carbocycles. The maximum atomic E-state index is 13.7. The molecular formula is C25H27F3N4O3. The molecule has 0 bridgehead atoms. The summed E-state index contributed by atoms with van der Waals surface area (Å²) < 4.78 is 41.9. The van der Waals surface area contributed by atoms with Gasteiger partial charge < -0.3 is 25.4 Å². The van der Waals surface area contributed by atoms with Gasteiger partial charge in [-0.05, 0) is 29.7 Å². The van der Waals surface area contributed by atoms with Gasteiger partial charge in [-0.3, -0.25) is 9.59 Å². The van der Waals surface area contributed by atoms with E-state index in [4.69, 9.17) is 5.41 Å². The highest BCUT2D eigenvalue weighted by molar-refractivity contribution is 6.05. The van der Waals surface area contributed by atoms with E-state index < -0.39 is 35.9 Å². The lowest BCUT2D eigenvalue weighted by atomic mass is 9.76. The van der Waals surface area contributed by atoms with E-state index in [0.29, 0.717) is 17.7 Å². The van der Waals surface area contributed by atoms with Crippen LogP contribution in [0, 0.1) is 17.2 Å². The predicted octanol–water partition coefficient (Wildman–Crippen LogP) is 4.75. The smallest absolute Gasteiger partial charge is 0.406 e. The summed E-state index contributed by atoms with van der Waals surface area (Å²) in [6.07, 6.45) is -2.21. The molecule has 3 rings (SSSR count). The van der Waals surface area contributed by atoms with Crippen LogP contribution in [0.5, 0.6) is 5.75 Å². The lowest BCUT2D eigenvalue weighted by molar-refractivity contribution is -0.274. The third-order valence-electron chi connectivity index (χ3n) is 5.58. The summed E-state index contributed by atoms with van der Waals surface area (Å²) in [5.74, 6) is -2.73. The normalized spacial score (nSPS) is 18.9. The van der Waals surface area contributed by atoms with Gasteiger partial charge in [0.25, 0.3) is 5.91 Å². The summed E-state index contributed by atoms with van der Waals surface area (Å²) in [7, 11) is 1.54. The number of nitrogens with one attached hydrogen (secondary N) is 2. The minimum absolute atomic E-state index is 0.0802. The standard InChI is InChI=1S/C25H27F3N4O3/c1-15(2)14-32-22(16(12-29)13-30-3)21(19-9-4-5-10-20(19)24(32)34)23(33)31-17-7-6-8-18(11-17)35-25(26,27)28/h4-13,15-16,21-22,29H,14H2,1-3H3,(H,31,33)/t16?,21-,22+/m1/s1. The number of benzene rings is 2. The SMILES string of the molecule is CN=CC(C=N)[C@H]1[C@H](C(=O)Nc2cccc(OC(F)(F)F)c2)c2ccccc2C(=O)N1CC(C)C. The van der Waals surface area contributed by atoms with Crippen molar-refractivity contribution in [2.75, 3.05) is 18.9 Å². The minimum atomic E-state index is -4.87. The summed E-state index contributed by atoms with van der Waals surface area (Å²) in [4.78, 5) is 32.7. The van der Waals surface area contributed by atoms with E-state index in [9.17, 15) is 22.8 Å². The molecule has 2 aromatic rings. The van der Waals surface area contributed by atoms with Crippen molar-refractivity contribution in [1.82, 2.24) is 4.90 Å². The maximum absolute atomic E-state index is 13.7. The molecule has 0 aromatic heterocycles. The fourth-order valence-corrected chi connectivity index (χ4v) is 4.33. The molecule has 2 N–H and O–H groups in total. The molecule has 3 atom stereocenters. The number of amides is 2. The molecule has 0 fully saturated rings. The van der Waals surface area contributed by atoms with Crippen LogP contribution in [-0.2, 0) is 4.79 Å². The zero-order valence-electron chi connectivity index (χ0n) is 19.5. The molecule has 1 unspecified atom stereocenters. The molecule has 1 aliphatic rings. The van der Waals surface area contributed by atoms with Crippen LogP contribution in [0.25, 0.3) is 0 Å². The van der Waals surface area contributed by atoms with Crippen molar-refractivity contribution in [3.05, 3.63) is 59.7 Å². The predicted molar refractivity (Wildman–Crippen MR) is 127 cm³/mol. The fourth-order valence-electron chi connectivity index (χ4n) is 4.33. The summed E-state index contributed by atoms with van der Waals surface area (Å²) in [5, 5.41) is 10.7. The number of nitrogens with zero attached hydrogens (tertiary/aromatic N) is 2. The van der Waals surface area contributed by atoms with Gasteiger partial charge in [0.15, 0.2) is 0 Å². The average Bonchev–Trinajstić information content (AvgIpc) is 2.78. The van der Waals surface area contributed by atoms with Gasteiger partial charge in [0.05, 0.1) is 17.9 Å². The Morgan fingerprint density at radius 1 is 1.23 bits per heavy atom. The molecule has 1 heterocycles. The van der Waals surface area contributed by atoms with Crippen LogP contribution in [0.2, 0.25) is 0 Å². The van der Waals surface area contributed by atoms with Crippen LogP contribution in [-0.4, -0.2) is 55.1 Å². The van der Waals surface area contributed by atoms with Crippen molar-refractivity contribution in [2.45, 2.75) is 32.2 Å². The van der Waals surface area contributed by atoms with Gasteiger partial charge in [0.2, 0.25) is 5.91 Å². The van der Waals surface area contributed by atoms with Crippen LogP contribution in [0.1, 0.15) is 35.7 Å². The average molecular weight is 489 g/mol. The van der Waals surface area contributed by atoms with Crippen molar-refractivity contribution in [1.29, 1.82) is 5.41 Å². The molecule has 186 valence electrons. The van der Waals surface area contributed by atoms with E-state index in [1.54, 1.807) is 36.2 Å². The Hall–Kier alpha value is -3.69. The lowest BCUT2D eigenvalue weighted by Crippen LogP contribution is -2.56. The third-order valence-corrected chi connectivity index (χ3v) is 5.58. The second-order valence-electron chi connectivity index (χ2n) is 8.62. The van der Waals surface area contributed by atoms with Gasteiger partial charge in [-0.15, -0.1) is 13.2 Å². The zero-order valence-corrected chi connectivity index (χ0v) is 19.5. The summed E-state index contributed by atoms with van der Waals surface area (Å²) in [6, 6.07) is 11.0. The number of carbonyl (C=O) groups is 2. The number of anilines is 1. The topological polar surface area (TPSA) is 94.9 Å². The Bertz CT molecular complexity index is 1120. The molecule has 1 aliphatic heterocycles. The lowest BCUT2D eigenvalue weighted by Gasteiger charge is -2.44. The Balaban J connectivity index is 2.07. The van der Waals surface area contributed by atoms with Crippen LogP contribution in [0.15, 0.2) is 53.5 Å². The molecule has 35 heavy (non-hydrogen) atoms. The van der Waals surface area contributed by atoms with E-state index >= 15 is 0 Å². The molecule has 0 radical (unpaired) electrons. The zero-order chi connectivity index (χ0) is 25.8. The summed E-state index contributed by atoms with van der Waals surface area (Å²) >= 11 is 0. The van der Waals surface area contributed by atoms with Crippen LogP contribution in [0.3, 0.4) is 0 Å². The Morgan fingerprint density at radius 3 is 2.57 bits per heavy atom. The molecule has 0 saturated heterocycles. The van der Waals surface area contributed by atoms with E-state index in [2.05, 4.69) is 15.0 Å². The highest BCUT2D eigenvalue weighted by Gasteiger charge is 2.46. The largest absolute Gasteiger partial charge is 0.573 e. The molecule has 2 amide bonds. The van der Waals surface area contributed by atoms with Gasteiger partial charge in [0.1, 0.15) is 5.75 Å². The first-order valence-corrected chi connectivity index (χ1v) is 11.0. The van der Waals surface area contributed by atoms with E-state index in [1.165, 1.54) is 18.3 Å². The van der Waals surface area contributed by atoms with Crippen LogP contribution >= 0.6 is 0 Å². The van der Waals surface area contributed by atoms with Gasteiger partial charge >= 0.3 is 6.36 Å². The second kappa shape index (κ2) is 10.7. The van der Waals surface area contributed by atoms with Crippen molar-refractivity contribution >= 4 is 29.9 Å². The van der Waals surface area contributed by atoms with Crippen molar-refractivity contribution in [3.8, 4) is 5.75 Å². The van der Waals surface area contributed by atoms with Gasteiger partial charge in [-0.1, -0.05) is 38.1 Å². The highest BCUT2D eigenvalue weighted by atomic mass is 19.4. The van der Waals surface area contributed by atoms with Crippen molar-refractivity contribution < 1.29 is 27.5 Å². The number of hydrogen-bond donors (Lipinski definition) is 2. The number of alkyl halides is 3. The monoisotopic (exact) mass is 488 g/mol. The molecule has 0 saturated carbocycles. The number of hydrogen-bond acceptors (Lipinski definition) is 5. The van der Waals surface area contributed by atoms with Gasteiger partial charge in [0, 0.05) is 43.3 Å². The molecule has 2 aromatic carbocycles. The van der Waals surface area contributed by atoms with Gasteiger partial charge in [-0.2, -0.15) is 0 Å². The Kier molecular flexibility index (Phi) is 7.93. The molecule has 7 nitrogen and oxygen atoms in total. The van der Waals surface area contributed by atoms with Crippen LogP contribution in [0.4, 0.5) is 18.9 Å². The Labute approximate surface area is 201 Å².